The Morgan fingerprint density at radius 3 is 2.43 bits per heavy atom. The van der Waals surface area contributed by atoms with Crippen LogP contribution in [0, 0.1) is 11.6 Å². The van der Waals surface area contributed by atoms with Gasteiger partial charge in [-0.25, -0.2) is 8.78 Å². The zero-order valence-electron chi connectivity index (χ0n) is 15.7. The number of aliphatic hydroxyl groups excluding tert-OH is 1. The fourth-order valence-electron chi connectivity index (χ4n) is 3.23. The highest BCUT2D eigenvalue weighted by atomic mass is 127. The van der Waals surface area contributed by atoms with Crippen molar-refractivity contribution >= 4 is 29.9 Å². The number of nitrogens with one attached hydrogen (secondary N) is 2. The standard InChI is InChI=1S/C21H25F2N3O.HI/c1-2-24-21(25-12-15(13-27)14-7-4-3-5-8-14)26-19-11-16(19)20-17(22)9-6-10-18(20)23;/h3-10,15-16,19,27H,2,11-13H2,1H3,(H2,24,25,26);1H. The van der Waals surface area contributed by atoms with Crippen molar-refractivity contribution in [2.45, 2.75) is 31.2 Å². The highest BCUT2D eigenvalue weighted by Crippen LogP contribution is 2.43. The summed E-state index contributed by atoms with van der Waals surface area (Å²) in [6.07, 6.45) is 0.657. The maximum atomic E-state index is 13.9. The normalized spacial score (nSPS) is 19.5. The van der Waals surface area contributed by atoms with Gasteiger partial charge in [-0.1, -0.05) is 36.4 Å². The van der Waals surface area contributed by atoms with Crippen LogP contribution in [-0.2, 0) is 0 Å². The van der Waals surface area contributed by atoms with Crippen molar-refractivity contribution in [1.82, 2.24) is 10.6 Å². The van der Waals surface area contributed by atoms with E-state index in [2.05, 4.69) is 15.6 Å². The Hall–Kier alpha value is -1.74. The lowest BCUT2D eigenvalue weighted by Crippen LogP contribution is -2.39. The van der Waals surface area contributed by atoms with Crippen molar-refractivity contribution in [1.29, 1.82) is 0 Å². The van der Waals surface area contributed by atoms with E-state index in [9.17, 15) is 13.9 Å². The Bertz CT molecular complexity index is 768. The monoisotopic (exact) mass is 501 g/mol. The van der Waals surface area contributed by atoms with Gasteiger partial charge in [0.2, 0.25) is 0 Å². The Kier molecular flexibility index (Phi) is 8.62. The molecule has 0 saturated heterocycles. The number of guanidine groups is 1. The van der Waals surface area contributed by atoms with Gasteiger partial charge in [0.05, 0.1) is 13.2 Å². The van der Waals surface area contributed by atoms with E-state index in [4.69, 9.17) is 0 Å². The molecular formula is C21H26F2IN3O. The molecule has 1 aliphatic rings. The lowest BCUT2D eigenvalue weighted by atomic mass is 10.0. The number of aliphatic hydroxyl groups is 1. The molecule has 0 amide bonds. The molecule has 0 radical (unpaired) electrons. The molecule has 3 rings (SSSR count). The van der Waals surface area contributed by atoms with Crippen LogP contribution in [0.3, 0.4) is 0 Å². The Morgan fingerprint density at radius 2 is 1.82 bits per heavy atom. The maximum absolute atomic E-state index is 13.9. The molecule has 1 fully saturated rings. The van der Waals surface area contributed by atoms with Crippen molar-refractivity contribution in [2.75, 3.05) is 19.7 Å². The van der Waals surface area contributed by atoms with Crippen molar-refractivity contribution in [3.63, 3.8) is 0 Å². The summed E-state index contributed by atoms with van der Waals surface area (Å²) in [6, 6.07) is 13.6. The molecule has 2 aromatic rings. The average molecular weight is 501 g/mol. The third kappa shape index (κ3) is 5.64. The minimum absolute atomic E-state index is 0. The van der Waals surface area contributed by atoms with E-state index in [0.717, 1.165) is 5.56 Å². The first-order valence-electron chi connectivity index (χ1n) is 9.28. The van der Waals surface area contributed by atoms with E-state index in [0.29, 0.717) is 25.5 Å². The fourth-order valence-corrected chi connectivity index (χ4v) is 3.23. The molecule has 28 heavy (non-hydrogen) atoms. The predicted molar refractivity (Wildman–Crippen MR) is 118 cm³/mol. The molecule has 152 valence electrons. The molecule has 3 unspecified atom stereocenters. The largest absolute Gasteiger partial charge is 0.396 e. The molecule has 0 aliphatic heterocycles. The summed E-state index contributed by atoms with van der Waals surface area (Å²) in [5.41, 5.74) is 1.17. The topological polar surface area (TPSA) is 56.7 Å². The van der Waals surface area contributed by atoms with Crippen molar-refractivity contribution < 1.29 is 13.9 Å². The number of aliphatic imine (C=N–C) groups is 1. The number of rotatable bonds is 7. The molecule has 0 bridgehead atoms. The third-order valence-corrected chi connectivity index (χ3v) is 4.79. The van der Waals surface area contributed by atoms with Gasteiger partial charge in [0.25, 0.3) is 0 Å². The van der Waals surface area contributed by atoms with Gasteiger partial charge in [-0.15, -0.1) is 24.0 Å². The van der Waals surface area contributed by atoms with Crippen LogP contribution in [0.5, 0.6) is 0 Å². The van der Waals surface area contributed by atoms with E-state index < -0.39 is 11.6 Å². The first-order valence-corrected chi connectivity index (χ1v) is 9.28. The highest BCUT2D eigenvalue weighted by molar-refractivity contribution is 14.0. The molecule has 7 heteroatoms. The summed E-state index contributed by atoms with van der Waals surface area (Å²) in [6.45, 7) is 3.05. The van der Waals surface area contributed by atoms with E-state index in [1.165, 1.54) is 18.2 Å². The third-order valence-electron chi connectivity index (χ3n) is 4.79. The second-order valence-corrected chi connectivity index (χ2v) is 6.74. The Labute approximate surface area is 181 Å². The summed E-state index contributed by atoms with van der Waals surface area (Å²) in [4.78, 5) is 4.56. The summed E-state index contributed by atoms with van der Waals surface area (Å²) >= 11 is 0. The molecule has 4 nitrogen and oxygen atoms in total. The first-order chi connectivity index (χ1) is 13.1. The Morgan fingerprint density at radius 1 is 1.14 bits per heavy atom. The molecule has 2 aromatic carbocycles. The van der Waals surface area contributed by atoms with Gasteiger partial charge in [0.15, 0.2) is 5.96 Å². The number of halogens is 3. The molecule has 0 aromatic heterocycles. The van der Waals surface area contributed by atoms with Gasteiger partial charge >= 0.3 is 0 Å². The zero-order valence-corrected chi connectivity index (χ0v) is 18.1. The molecule has 3 atom stereocenters. The molecule has 1 saturated carbocycles. The number of benzene rings is 2. The van der Waals surface area contributed by atoms with Gasteiger partial charge in [0.1, 0.15) is 11.6 Å². The summed E-state index contributed by atoms with van der Waals surface area (Å²) in [5, 5.41) is 16.1. The van der Waals surface area contributed by atoms with Crippen molar-refractivity contribution in [3.8, 4) is 0 Å². The van der Waals surface area contributed by atoms with Gasteiger partial charge < -0.3 is 15.7 Å². The second kappa shape index (κ2) is 10.7. The summed E-state index contributed by atoms with van der Waals surface area (Å²) < 4.78 is 27.9. The van der Waals surface area contributed by atoms with Gasteiger partial charge in [-0.3, -0.25) is 4.99 Å². The van der Waals surface area contributed by atoms with Gasteiger partial charge in [0, 0.05) is 30.0 Å². The van der Waals surface area contributed by atoms with Crippen LogP contribution in [0.15, 0.2) is 53.5 Å². The first kappa shape index (κ1) is 22.5. The lowest BCUT2D eigenvalue weighted by Gasteiger charge is -2.15. The van der Waals surface area contributed by atoms with Crippen molar-refractivity contribution in [3.05, 3.63) is 71.3 Å². The van der Waals surface area contributed by atoms with Gasteiger partial charge in [-0.05, 0) is 31.0 Å². The highest BCUT2D eigenvalue weighted by Gasteiger charge is 2.42. The maximum Gasteiger partial charge on any atom is 0.191 e. The smallest absolute Gasteiger partial charge is 0.191 e. The van der Waals surface area contributed by atoms with Crippen LogP contribution in [0.4, 0.5) is 8.78 Å². The van der Waals surface area contributed by atoms with Crippen LogP contribution < -0.4 is 10.6 Å². The summed E-state index contributed by atoms with van der Waals surface area (Å²) in [7, 11) is 0. The SMILES string of the molecule is CCNC(=NCC(CO)c1ccccc1)NC1CC1c1c(F)cccc1F.I. The second-order valence-electron chi connectivity index (χ2n) is 6.74. The zero-order chi connectivity index (χ0) is 19.2. The van der Waals surface area contributed by atoms with Crippen LogP contribution in [0.25, 0.3) is 0 Å². The van der Waals surface area contributed by atoms with Crippen LogP contribution in [0.1, 0.15) is 36.3 Å². The minimum atomic E-state index is -0.504. The number of hydrogen-bond donors (Lipinski definition) is 3. The fraction of sp³-hybridized carbons (Fsp3) is 0.381. The van der Waals surface area contributed by atoms with E-state index in [-0.39, 0.29) is 54.0 Å². The molecule has 0 heterocycles. The van der Waals surface area contributed by atoms with Crippen LogP contribution in [0.2, 0.25) is 0 Å². The Balaban J connectivity index is 0.00000280. The number of nitrogens with zero attached hydrogens (tertiary/aromatic N) is 1. The van der Waals surface area contributed by atoms with E-state index in [1.807, 2.05) is 37.3 Å². The minimum Gasteiger partial charge on any atom is -0.396 e. The quantitative estimate of drug-likeness (QED) is 0.308. The predicted octanol–water partition coefficient (Wildman–Crippen LogP) is 3.77. The van der Waals surface area contributed by atoms with E-state index >= 15 is 0 Å². The lowest BCUT2D eigenvalue weighted by molar-refractivity contribution is 0.268. The molecule has 3 N–H and O–H groups in total. The molecular weight excluding hydrogens is 475 g/mol. The van der Waals surface area contributed by atoms with Gasteiger partial charge in [-0.2, -0.15) is 0 Å². The van der Waals surface area contributed by atoms with Crippen molar-refractivity contribution in [2.24, 2.45) is 4.99 Å². The average Bonchev–Trinajstić information content (AvgIpc) is 3.41. The molecule has 0 spiro atoms. The van der Waals surface area contributed by atoms with Crippen LogP contribution in [-0.4, -0.2) is 36.8 Å². The van der Waals surface area contributed by atoms with Crippen LogP contribution >= 0.6 is 24.0 Å². The van der Waals surface area contributed by atoms with E-state index in [1.54, 1.807) is 0 Å². The number of hydrogen-bond acceptors (Lipinski definition) is 2. The molecule has 1 aliphatic carbocycles. The summed E-state index contributed by atoms with van der Waals surface area (Å²) in [5.74, 6) is -0.707.